The van der Waals surface area contributed by atoms with Crippen molar-refractivity contribution >= 4 is 29.9 Å². The highest BCUT2D eigenvalue weighted by Gasteiger charge is 2.22. The third-order valence-electron chi connectivity index (χ3n) is 6.72. The lowest BCUT2D eigenvalue weighted by Gasteiger charge is -2.35. The van der Waals surface area contributed by atoms with Crippen LogP contribution in [0.5, 0.6) is 5.75 Å². The van der Waals surface area contributed by atoms with E-state index in [0.29, 0.717) is 18.0 Å². The fourth-order valence-corrected chi connectivity index (χ4v) is 4.61. The van der Waals surface area contributed by atoms with Gasteiger partial charge in [0.15, 0.2) is 5.96 Å². The minimum Gasteiger partial charge on any atom is -0.497 e. The Morgan fingerprint density at radius 1 is 1.06 bits per heavy atom. The Morgan fingerprint density at radius 3 is 2.28 bits per heavy atom. The summed E-state index contributed by atoms with van der Waals surface area (Å²) in [6.07, 6.45) is 4.86. The highest BCUT2D eigenvalue weighted by molar-refractivity contribution is 14.0. The van der Waals surface area contributed by atoms with Gasteiger partial charge < -0.3 is 20.3 Å². The summed E-state index contributed by atoms with van der Waals surface area (Å²) in [5.74, 6) is 2.62. The molecule has 2 aliphatic rings. The Kier molecular flexibility index (Phi) is 12.1. The maximum Gasteiger partial charge on any atom is 0.191 e. The second-order valence-corrected chi connectivity index (χ2v) is 9.34. The first kappa shape index (κ1) is 27.2. The Balaban J connectivity index is 0.00000363. The van der Waals surface area contributed by atoms with Crippen molar-refractivity contribution in [3.05, 3.63) is 29.8 Å². The van der Waals surface area contributed by atoms with E-state index in [1.165, 1.54) is 44.3 Å². The van der Waals surface area contributed by atoms with E-state index in [1.54, 1.807) is 7.11 Å². The van der Waals surface area contributed by atoms with Gasteiger partial charge in [0, 0.05) is 44.8 Å². The SMILES string of the molecule is CCNC(=NCC1CCN(Cc2ccc(OC)cc2)CC1)NC1CCN(C(C)C)CC1.I. The maximum atomic E-state index is 5.26. The maximum absolute atomic E-state index is 5.26. The quantitative estimate of drug-likeness (QED) is 0.288. The van der Waals surface area contributed by atoms with Crippen LogP contribution in [0.1, 0.15) is 52.0 Å². The van der Waals surface area contributed by atoms with E-state index in [2.05, 4.69) is 65.5 Å². The summed E-state index contributed by atoms with van der Waals surface area (Å²) in [6.45, 7) is 14.3. The largest absolute Gasteiger partial charge is 0.497 e. The number of ether oxygens (including phenoxy) is 1. The zero-order valence-corrected chi connectivity index (χ0v) is 22.8. The first-order valence-electron chi connectivity index (χ1n) is 12.2. The van der Waals surface area contributed by atoms with Gasteiger partial charge >= 0.3 is 0 Å². The van der Waals surface area contributed by atoms with Crippen LogP contribution in [0.4, 0.5) is 0 Å². The normalized spacial score (nSPS) is 19.6. The number of benzene rings is 1. The summed E-state index contributed by atoms with van der Waals surface area (Å²) >= 11 is 0. The van der Waals surface area contributed by atoms with E-state index in [1.807, 2.05) is 0 Å². The number of halogens is 1. The number of nitrogens with one attached hydrogen (secondary N) is 2. The van der Waals surface area contributed by atoms with E-state index in [0.717, 1.165) is 44.4 Å². The molecular formula is C25H44IN5O. The molecule has 2 saturated heterocycles. The Bertz CT molecular complexity index is 665. The molecule has 0 aliphatic carbocycles. The van der Waals surface area contributed by atoms with Crippen molar-refractivity contribution in [2.24, 2.45) is 10.9 Å². The molecule has 6 nitrogen and oxygen atoms in total. The molecule has 3 rings (SSSR count). The zero-order chi connectivity index (χ0) is 22.1. The third kappa shape index (κ3) is 8.71. The first-order chi connectivity index (χ1) is 15.1. The molecule has 0 spiro atoms. The number of hydrogen-bond donors (Lipinski definition) is 2. The molecule has 0 amide bonds. The predicted octanol–water partition coefficient (Wildman–Crippen LogP) is 3.95. The van der Waals surface area contributed by atoms with Gasteiger partial charge in [-0.2, -0.15) is 0 Å². The first-order valence-corrected chi connectivity index (χ1v) is 12.2. The van der Waals surface area contributed by atoms with Crippen LogP contribution in [-0.2, 0) is 6.54 Å². The van der Waals surface area contributed by atoms with Crippen molar-refractivity contribution in [3.63, 3.8) is 0 Å². The number of likely N-dealkylation sites (tertiary alicyclic amines) is 2. The number of guanidine groups is 1. The van der Waals surface area contributed by atoms with E-state index in [9.17, 15) is 0 Å². The van der Waals surface area contributed by atoms with Crippen LogP contribution in [0.25, 0.3) is 0 Å². The van der Waals surface area contributed by atoms with Gasteiger partial charge in [0.1, 0.15) is 5.75 Å². The molecule has 0 aromatic heterocycles. The van der Waals surface area contributed by atoms with Crippen LogP contribution >= 0.6 is 24.0 Å². The number of piperidine rings is 2. The van der Waals surface area contributed by atoms with Crippen LogP contribution in [0.15, 0.2) is 29.3 Å². The summed E-state index contributed by atoms with van der Waals surface area (Å²) in [4.78, 5) is 10.1. The average molecular weight is 558 g/mol. The number of methoxy groups -OCH3 is 1. The lowest BCUT2D eigenvalue weighted by Crippen LogP contribution is -2.50. The number of hydrogen-bond acceptors (Lipinski definition) is 4. The van der Waals surface area contributed by atoms with Gasteiger partial charge in [0.25, 0.3) is 0 Å². The smallest absolute Gasteiger partial charge is 0.191 e. The summed E-state index contributed by atoms with van der Waals surface area (Å²) in [7, 11) is 1.72. The van der Waals surface area contributed by atoms with Crippen LogP contribution in [-0.4, -0.2) is 74.2 Å². The summed E-state index contributed by atoms with van der Waals surface area (Å²) < 4.78 is 5.26. The molecule has 1 aromatic rings. The van der Waals surface area contributed by atoms with E-state index < -0.39 is 0 Å². The Labute approximate surface area is 212 Å². The monoisotopic (exact) mass is 557 g/mol. The molecule has 182 valence electrons. The average Bonchev–Trinajstić information content (AvgIpc) is 2.79. The zero-order valence-electron chi connectivity index (χ0n) is 20.5. The molecule has 0 atom stereocenters. The van der Waals surface area contributed by atoms with Crippen molar-refractivity contribution < 1.29 is 4.74 Å². The minimum atomic E-state index is 0. The topological polar surface area (TPSA) is 52.1 Å². The van der Waals surface area contributed by atoms with Gasteiger partial charge in [-0.05, 0) is 83.2 Å². The standard InChI is InChI=1S/C25H43N5O.HI/c1-5-26-25(28-23-12-16-30(17-13-23)20(2)3)27-18-21-10-14-29(15-11-21)19-22-6-8-24(31-4)9-7-22;/h6-9,20-21,23H,5,10-19H2,1-4H3,(H2,26,27,28);1H. The van der Waals surface area contributed by atoms with Crippen molar-refractivity contribution in [1.82, 2.24) is 20.4 Å². The molecule has 1 aromatic carbocycles. The number of nitrogens with zero attached hydrogens (tertiary/aromatic N) is 3. The predicted molar refractivity (Wildman–Crippen MR) is 145 cm³/mol. The van der Waals surface area contributed by atoms with Crippen LogP contribution in [0, 0.1) is 5.92 Å². The fourth-order valence-electron chi connectivity index (χ4n) is 4.61. The molecule has 2 heterocycles. The van der Waals surface area contributed by atoms with Crippen molar-refractivity contribution in [3.8, 4) is 5.75 Å². The van der Waals surface area contributed by atoms with E-state index >= 15 is 0 Å². The molecular weight excluding hydrogens is 513 g/mol. The summed E-state index contributed by atoms with van der Waals surface area (Å²) in [5, 5.41) is 7.16. The van der Waals surface area contributed by atoms with E-state index in [-0.39, 0.29) is 24.0 Å². The van der Waals surface area contributed by atoms with Gasteiger partial charge in [-0.3, -0.25) is 9.89 Å². The second kappa shape index (κ2) is 14.3. The third-order valence-corrected chi connectivity index (χ3v) is 6.72. The summed E-state index contributed by atoms with van der Waals surface area (Å²) in [5.41, 5.74) is 1.36. The van der Waals surface area contributed by atoms with Crippen LogP contribution in [0.3, 0.4) is 0 Å². The van der Waals surface area contributed by atoms with Gasteiger partial charge in [-0.15, -0.1) is 24.0 Å². The highest BCUT2D eigenvalue weighted by Crippen LogP contribution is 2.20. The fraction of sp³-hybridized carbons (Fsp3) is 0.720. The van der Waals surface area contributed by atoms with Crippen molar-refractivity contribution in [2.75, 3.05) is 46.4 Å². The lowest BCUT2D eigenvalue weighted by molar-refractivity contribution is 0.167. The van der Waals surface area contributed by atoms with Gasteiger partial charge in [0.2, 0.25) is 0 Å². The number of rotatable bonds is 8. The van der Waals surface area contributed by atoms with Crippen molar-refractivity contribution in [1.29, 1.82) is 0 Å². The molecule has 2 fully saturated rings. The molecule has 32 heavy (non-hydrogen) atoms. The van der Waals surface area contributed by atoms with Gasteiger partial charge in [0.05, 0.1) is 7.11 Å². The highest BCUT2D eigenvalue weighted by atomic mass is 127. The Hall–Kier alpha value is -1.06. The van der Waals surface area contributed by atoms with Crippen molar-refractivity contribution in [2.45, 2.75) is 65.1 Å². The van der Waals surface area contributed by atoms with Gasteiger partial charge in [-0.25, -0.2) is 0 Å². The molecule has 0 unspecified atom stereocenters. The summed E-state index contributed by atoms with van der Waals surface area (Å²) in [6, 6.07) is 9.65. The van der Waals surface area contributed by atoms with Gasteiger partial charge in [-0.1, -0.05) is 12.1 Å². The number of aliphatic imine (C=N–C) groups is 1. The molecule has 0 radical (unpaired) electrons. The molecule has 2 N–H and O–H groups in total. The lowest BCUT2D eigenvalue weighted by atomic mass is 9.96. The Morgan fingerprint density at radius 2 is 1.72 bits per heavy atom. The van der Waals surface area contributed by atoms with E-state index in [4.69, 9.17) is 9.73 Å². The molecule has 0 saturated carbocycles. The second-order valence-electron chi connectivity index (χ2n) is 9.34. The molecule has 0 bridgehead atoms. The van der Waals surface area contributed by atoms with Crippen LogP contribution < -0.4 is 15.4 Å². The molecule has 7 heteroatoms. The minimum absolute atomic E-state index is 0. The molecule has 2 aliphatic heterocycles. The van der Waals surface area contributed by atoms with Crippen LogP contribution in [0.2, 0.25) is 0 Å².